The number of methoxy groups -OCH3 is 1. The minimum Gasteiger partial charge on any atom is -0.389 e. The van der Waals surface area contributed by atoms with Gasteiger partial charge in [-0.25, -0.2) is 4.98 Å². The Morgan fingerprint density at radius 3 is 2.88 bits per heavy atom. The van der Waals surface area contributed by atoms with Gasteiger partial charge in [-0.3, -0.25) is 4.79 Å². The zero-order valence-corrected chi connectivity index (χ0v) is 10.4. The largest absolute Gasteiger partial charge is 0.389 e. The fourth-order valence-electron chi connectivity index (χ4n) is 1.50. The molecule has 0 saturated carbocycles. The Morgan fingerprint density at radius 2 is 2.29 bits per heavy atom. The fourth-order valence-corrected chi connectivity index (χ4v) is 1.50. The summed E-state index contributed by atoms with van der Waals surface area (Å²) in [5.74, 6) is -0.205. The van der Waals surface area contributed by atoms with Crippen LogP contribution in [0.15, 0.2) is 18.2 Å². The monoisotopic (exact) mass is 238 g/mol. The van der Waals surface area contributed by atoms with E-state index >= 15 is 0 Å². The molecular formula is C12H18N2O3. The number of pyridine rings is 1. The van der Waals surface area contributed by atoms with Crippen molar-refractivity contribution in [2.75, 3.05) is 27.3 Å². The lowest BCUT2D eigenvalue weighted by Crippen LogP contribution is -2.36. The molecule has 1 heterocycles. The Morgan fingerprint density at radius 1 is 1.59 bits per heavy atom. The topological polar surface area (TPSA) is 62.7 Å². The van der Waals surface area contributed by atoms with Crippen molar-refractivity contribution >= 4 is 5.91 Å². The molecule has 0 aliphatic carbocycles. The quantitative estimate of drug-likeness (QED) is 0.810. The van der Waals surface area contributed by atoms with Crippen LogP contribution in [0.3, 0.4) is 0 Å². The first-order valence-corrected chi connectivity index (χ1v) is 5.40. The van der Waals surface area contributed by atoms with E-state index < -0.39 is 6.10 Å². The number of hydrogen-bond donors (Lipinski definition) is 1. The van der Waals surface area contributed by atoms with Gasteiger partial charge in [-0.05, 0) is 19.1 Å². The number of aromatic nitrogens is 1. The van der Waals surface area contributed by atoms with Crippen LogP contribution in [0.25, 0.3) is 0 Å². The van der Waals surface area contributed by atoms with Gasteiger partial charge in [0.1, 0.15) is 5.69 Å². The van der Waals surface area contributed by atoms with E-state index in [1.165, 1.54) is 12.0 Å². The number of carbonyl (C=O) groups excluding carboxylic acids is 1. The number of hydrogen-bond acceptors (Lipinski definition) is 4. The maximum absolute atomic E-state index is 11.9. The van der Waals surface area contributed by atoms with E-state index in [1.54, 1.807) is 19.2 Å². The molecule has 1 aromatic heterocycles. The summed E-state index contributed by atoms with van der Waals surface area (Å²) in [7, 11) is 3.14. The van der Waals surface area contributed by atoms with Gasteiger partial charge in [-0.2, -0.15) is 0 Å². The molecule has 1 amide bonds. The van der Waals surface area contributed by atoms with E-state index in [0.29, 0.717) is 5.69 Å². The molecule has 5 heteroatoms. The molecule has 0 spiro atoms. The molecule has 0 aliphatic rings. The van der Waals surface area contributed by atoms with Crippen molar-refractivity contribution in [3.8, 4) is 0 Å². The van der Waals surface area contributed by atoms with Crippen LogP contribution in [0.4, 0.5) is 0 Å². The molecule has 1 atom stereocenters. The van der Waals surface area contributed by atoms with Gasteiger partial charge in [-0.1, -0.05) is 6.07 Å². The van der Waals surface area contributed by atoms with Gasteiger partial charge >= 0.3 is 0 Å². The summed E-state index contributed by atoms with van der Waals surface area (Å²) >= 11 is 0. The molecule has 5 nitrogen and oxygen atoms in total. The summed E-state index contributed by atoms with van der Waals surface area (Å²) in [5, 5.41) is 9.53. The maximum atomic E-state index is 11.9. The zero-order chi connectivity index (χ0) is 12.8. The van der Waals surface area contributed by atoms with Gasteiger partial charge in [0.25, 0.3) is 5.91 Å². The highest BCUT2D eigenvalue weighted by atomic mass is 16.5. The Labute approximate surface area is 101 Å². The lowest BCUT2D eigenvalue weighted by molar-refractivity contribution is 0.0378. The minimum atomic E-state index is -0.682. The van der Waals surface area contributed by atoms with E-state index in [4.69, 9.17) is 4.74 Å². The van der Waals surface area contributed by atoms with E-state index in [1.807, 2.05) is 13.0 Å². The molecule has 0 aliphatic heterocycles. The van der Waals surface area contributed by atoms with Crippen LogP contribution < -0.4 is 0 Å². The number of amides is 1. The van der Waals surface area contributed by atoms with Gasteiger partial charge in [0.05, 0.1) is 12.7 Å². The van der Waals surface area contributed by atoms with Gasteiger partial charge in [0.2, 0.25) is 0 Å². The third-order valence-electron chi connectivity index (χ3n) is 2.30. The number of nitrogens with zero attached hydrogens (tertiary/aromatic N) is 2. The smallest absolute Gasteiger partial charge is 0.272 e. The molecule has 1 aromatic rings. The minimum absolute atomic E-state index is 0.205. The molecule has 94 valence electrons. The lowest BCUT2D eigenvalue weighted by Gasteiger charge is -2.20. The van der Waals surface area contributed by atoms with Crippen molar-refractivity contribution < 1.29 is 14.6 Å². The van der Waals surface area contributed by atoms with Gasteiger partial charge in [0, 0.05) is 26.4 Å². The molecule has 17 heavy (non-hydrogen) atoms. The summed E-state index contributed by atoms with van der Waals surface area (Å²) in [6.07, 6.45) is -0.682. The number of likely N-dealkylation sites (N-methyl/N-ethyl adjacent to an activating group) is 1. The predicted octanol–water partition coefficient (Wildman–Crippen LogP) is 0.469. The van der Waals surface area contributed by atoms with Crippen LogP contribution in [0, 0.1) is 6.92 Å². The van der Waals surface area contributed by atoms with Crippen molar-refractivity contribution in [2.45, 2.75) is 13.0 Å². The Balaban J connectivity index is 2.63. The van der Waals surface area contributed by atoms with Crippen LogP contribution in [0.1, 0.15) is 16.2 Å². The second-order valence-corrected chi connectivity index (χ2v) is 3.96. The number of aliphatic hydroxyl groups excluding tert-OH is 1. The Kier molecular flexibility index (Phi) is 5.06. The molecule has 1 unspecified atom stereocenters. The van der Waals surface area contributed by atoms with Crippen molar-refractivity contribution in [1.29, 1.82) is 0 Å². The van der Waals surface area contributed by atoms with Crippen LogP contribution in [-0.4, -0.2) is 54.3 Å². The average molecular weight is 238 g/mol. The van der Waals surface area contributed by atoms with Gasteiger partial charge < -0.3 is 14.7 Å². The molecule has 1 rings (SSSR count). The van der Waals surface area contributed by atoms with E-state index in [0.717, 1.165) is 5.69 Å². The first kappa shape index (κ1) is 13.6. The predicted molar refractivity (Wildman–Crippen MR) is 63.8 cm³/mol. The molecule has 1 N–H and O–H groups in total. The number of aryl methyl sites for hydroxylation is 1. The normalized spacial score (nSPS) is 12.2. The molecule has 0 aromatic carbocycles. The molecular weight excluding hydrogens is 220 g/mol. The number of ether oxygens (including phenoxy) is 1. The van der Waals surface area contributed by atoms with Crippen LogP contribution in [0.5, 0.6) is 0 Å². The van der Waals surface area contributed by atoms with Crippen molar-refractivity contribution in [3.63, 3.8) is 0 Å². The maximum Gasteiger partial charge on any atom is 0.272 e. The summed E-state index contributed by atoms with van der Waals surface area (Å²) in [5.41, 5.74) is 1.18. The summed E-state index contributed by atoms with van der Waals surface area (Å²) in [6.45, 7) is 2.26. The zero-order valence-electron chi connectivity index (χ0n) is 10.4. The second kappa shape index (κ2) is 6.32. The van der Waals surface area contributed by atoms with Crippen LogP contribution in [-0.2, 0) is 4.74 Å². The molecule has 0 fully saturated rings. The number of carbonyl (C=O) groups is 1. The first-order valence-electron chi connectivity index (χ1n) is 5.40. The van der Waals surface area contributed by atoms with E-state index in [2.05, 4.69) is 4.98 Å². The van der Waals surface area contributed by atoms with Crippen molar-refractivity contribution in [2.24, 2.45) is 0 Å². The SMILES string of the molecule is COCC(O)CN(C)C(=O)c1cccc(C)n1. The highest BCUT2D eigenvalue weighted by Gasteiger charge is 2.16. The molecule has 0 radical (unpaired) electrons. The average Bonchev–Trinajstić information content (AvgIpc) is 2.28. The van der Waals surface area contributed by atoms with E-state index in [9.17, 15) is 9.90 Å². The first-order chi connectivity index (χ1) is 8.04. The van der Waals surface area contributed by atoms with Crippen LogP contribution in [0.2, 0.25) is 0 Å². The Hall–Kier alpha value is -1.46. The van der Waals surface area contributed by atoms with Crippen molar-refractivity contribution in [1.82, 2.24) is 9.88 Å². The number of aliphatic hydroxyl groups is 1. The van der Waals surface area contributed by atoms with Gasteiger partial charge in [0.15, 0.2) is 0 Å². The summed E-state index contributed by atoms with van der Waals surface area (Å²) < 4.78 is 4.81. The van der Waals surface area contributed by atoms with E-state index in [-0.39, 0.29) is 19.1 Å². The lowest BCUT2D eigenvalue weighted by atomic mass is 10.2. The van der Waals surface area contributed by atoms with Gasteiger partial charge in [-0.15, -0.1) is 0 Å². The Bertz CT molecular complexity index is 382. The fraction of sp³-hybridized carbons (Fsp3) is 0.500. The highest BCUT2D eigenvalue weighted by Crippen LogP contribution is 2.03. The molecule has 0 bridgehead atoms. The number of rotatable bonds is 5. The molecule has 0 saturated heterocycles. The second-order valence-electron chi connectivity index (χ2n) is 3.96. The van der Waals surface area contributed by atoms with Crippen molar-refractivity contribution in [3.05, 3.63) is 29.6 Å². The summed E-state index contributed by atoms with van der Waals surface area (Å²) in [6, 6.07) is 5.28. The van der Waals surface area contributed by atoms with Crippen LogP contribution >= 0.6 is 0 Å². The third-order valence-corrected chi connectivity index (χ3v) is 2.30. The third kappa shape index (κ3) is 4.13. The summed E-state index contributed by atoms with van der Waals surface area (Å²) in [4.78, 5) is 17.5. The standard InChI is InChI=1S/C12H18N2O3/c1-9-5-4-6-11(13-9)12(16)14(2)7-10(15)8-17-3/h4-6,10,15H,7-8H2,1-3H3. The highest BCUT2D eigenvalue weighted by molar-refractivity contribution is 5.92.